The molecule has 1 amide bonds. The molecule has 0 heterocycles. The normalized spacial score (nSPS) is 18.2. The van der Waals surface area contributed by atoms with E-state index >= 15 is 0 Å². The highest BCUT2D eigenvalue weighted by atomic mass is 16.2. The maximum absolute atomic E-state index is 12.4. The summed E-state index contributed by atoms with van der Waals surface area (Å²) in [6.07, 6.45) is 7.18. The number of amides is 1. The van der Waals surface area contributed by atoms with Gasteiger partial charge < -0.3 is 10.6 Å². The van der Waals surface area contributed by atoms with E-state index in [0.717, 1.165) is 38.9 Å². The van der Waals surface area contributed by atoms with E-state index in [1.807, 2.05) is 18.7 Å². The van der Waals surface area contributed by atoms with Gasteiger partial charge in [0.1, 0.15) is 0 Å². The van der Waals surface area contributed by atoms with Crippen molar-refractivity contribution in [3.05, 3.63) is 0 Å². The highest BCUT2D eigenvalue weighted by Gasteiger charge is 2.37. The molecular weight excluding hydrogens is 250 g/mol. The summed E-state index contributed by atoms with van der Waals surface area (Å²) < 4.78 is 0. The van der Waals surface area contributed by atoms with Gasteiger partial charge in [0.25, 0.3) is 0 Å². The zero-order chi connectivity index (χ0) is 15.0. The fourth-order valence-electron chi connectivity index (χ4n) is 3.45. The minimum atomic E-state index is 0.0665. The minimum absolute atomic E-state index is 0.0665. The summed E-state index contributed by atoms with van der Waals surface area (Å²) in [4.78, 5) is 16.7. The van der Waals surface area contributed by atoms with Crippen LogP contribution in [0.1, 0.15) is 59.3 Å². The van der Waals surface area contributed by atoms with Gasteiger partial charge in [0.05, 0.1) is 6.54 Å². The molecule has 0 bridgehead atoms. The van der Waals surface area contributed by atoms with Crippen LogP contribution in [-0.4, -0.2) is 54.0 Å². The molecule has 20 heavy (non-hydrogen) atoms. The Morgan fingerprint density at radius 2 is 1.70 bits per heavy atom. The summed E-state index contributed by atoms with van der Waals surface area (Å²) in [5.74, 6) is 0.252. The maximum atomic E-state index is 12.4. The summed E-state index contributed by atoms with van der Waals surface area (Å²) in [7, 11) is 0. The van der Waals surface area contributed by atoms with Crippen molar-refractivity contribution in [2.24, 2.45) is 5.73 Å². The fourth-order valence-corrected chi connectivity index (χ4v) is 3.45. The Hall–Kier alpha value is -0.610. The third-order valence-electron chi connectivity index (χ3n) is 4.77. The largest absolute Gasteiger partial charge is 0.342 e. The fraction of sp³-hybridized carbons (Fsp3) is 0.938. The van der Waals surface area contributed by atoms with Crippen LogP contribution in [0.2, 0.25) is 0 Å². The number of hydrogen-bond acceptors (Lipinski definition) is 3. The Labute approximate surface area is 124 Å². The van der Waals surface area contributed by atoms with Gasteiger partial charge in [-0.15, -0.1) is 0 Å². The molecule has 0 saturated heterocycles. The second-order valence-electron chi connectivity index (χ2n) is 5.98. The quantitative estimate of drug-likeness (QED) is 0.743. The number of nitrogens with zero attached hydrogens (tertiary/aromatic N) is 2. The van der Waals surface area contributed by atoms with Crippen LogP contribution in [-0.2, 0) is 4.79 Å². The van der Waals surface area contributed by atoms with Crippen molar-refractivity contribution in [2.45, 2.75) is 64.8 Å². The monoisotopic (exact) mass is 283 g/mol. The third-order valence-corrected chi connectivity index (χ3v) is 4.77. The number of likely N-dealkylation sites (N-methyl/N-ethyl adjacent to an activating group) is 1. The van der Waals surface area contributed by atoms with Gasteiger partial charge in [-0.05, 0) is 39.7 Å². The van der Waals surface area contributed by atoms with E-state index in [-0.39, 0.29) is 11.4 Å². The molecular formula is C16H33N3O. The van der Waals surface area contributed by atoms with Crippen LogP contribution in [0.5, 0.6) is 0 Å². The second-order valence-corrected chi connectivity index (χ2v) is 5.98. The first-order chi connectivity index (χ1) is 9.63. The highest BCUT2D eigenvalue weighted by Crippen LogP contribution is 2.33. The van der Waals surface area contributed by atoms with Crippen molar-refractivity contribution < 1.29 is 4.79 Å². The van der Waals surface area contributed by atoms with Crippen LogP contribution < -0.4 is 5.73 Å². The topological polar surface area (TPSA) is 49.6 Å². The summed E-state index contributed by atoms with van der Waals surface area (Å²) >= 11 is 0. The highest BCUT2D eigenvalue weighted by molar-refractivity contribution is 5.78. The lowest BCUT2D eigenvalue weighted by molar-refractivity contribution is -0.134. The van der Waals surface area contributed by atoms with Crippen molar-refractivity contribution in [3.8, 4) is 0 Å². The van der Waals surface area contributed by atoms with Crippen LogP contribution in [0.15, 0.2) is 0 Å². The van der Waals surface area contributed by atoms with Gasteiger partial charge in [-0.2, -0.15) is 0 Å². The lowest BCUT2D eigenvalue weighted by atomic mass is 9.80. The molecule has 1 aliphatic carbocycles. The Balaban J connectivity index is 2.78. The van der Waals surface area contributed by atoms with Gasteiger partial charge in [-0.25, -0.2) is 0 Å². The van der Waals surface area contributed by atoms with Crippen molar-refractivity contribution in [1.29, 1.82) is 0 Å². The van der Waals surface area contributed by atoms with Gasteiger partial charge in [0.15, 0.2) is 0 Å². The second kappa shape index (κ2) is 8.63. The van der Waals surface area contributed by atoms with Crippen molar-refractivity contribution in [1.82, 2.24) is 9.80 Å². The molecule has 4 heteroatoms. The maximum Gasteiger partial charge on any atom is 0.236 e. The molecule has 0 atom stereocenters. The van der Waals surface area contributed by atoms with Crippen LogP contribution in [0.25, 0.3) is 0 Å². The van der Waals surface area contributed by atoms with Crippen molar-refractivity contribution >= 4 is 5.91 Å². The van der Waals surface area contributed by atoms with E-state index in [9.17, 15) is 4.79 Å². The Morgan fingerprint density at radius 1 is 1.10 bits per heavy atom. The average molecular weight is 283 g/mol. The molecule has 4 nitrogen and oxygen atoms in total. The van der Waals surface area contributed by atoms with E-state index in [2.05, 4.69) is 11.8 Å². The SMILES string of the molecule is CCCN(CC(=O)N(CC)CC)C1(CN)CCCCC1. The van der Waals surface area contributed by atoms with Gasteiger partial charge in [-0.3, -0.25) is 9.69 Å². The van der Waals surface area contributed by atoms with Crippen molar-refractivity contribution in [3.63, 3.8) is 0 Å². The first kappa shape index (κ1) is 17.4. The van der Waals surface area contributed by atoms with Crippen molar-refractivity contribution in [2.75, 3.05) is 32.7 Å². The summed E-state index contributed by atoms with van der Waals surface area (Å²) in [6.45, 7) is 10.1. The molecule has 1 aliphatic rings. The lowest BCUT2D eigenvalue weighted by Crippen LogP contribution is -2.58. The van der Waals surface area contributed by atoms with Crippen LogP contribution in [0, 0.1) is 0 Å². The van der Waals surface area contributed by atoms with Gasteiger partial charge >= 0.3 is 0 Å². The molecule has 0 unspecified atom stereocenters. The standard InChI is InChI=1S/C16H33N3O/c1-4-12-19(13-15(20)18(5-2)6-3)16(14-17)10-8-7-9-11-16/h4-14,17H2,1-3H3. The van der Waals surface area contributed by atoms with Gasteiger partial charge in [0.2, 0.25) is 5.91 Å². The molecule has 1 rings (SSSR count). The zero-order valence-corrected chi connectivity index (χ0v) is 13.7. The predicted molar refractivity (Wildman–Crippen MR) is 84.7 cm³/mol. The van der Waals surface area contributed by atoms with E-state index in [1.165, 1.54) is 19.3 Å². The third kappa shape index (κ3) is 4.19. The predicted octanol–water partition coefficient (Wildman–Crippen LogP) is 2.23. The Bertz CT molecular complexity index is 283. The van der Waals surface area contributed by atoms with E-state index in [0.29, 0.717) is 13.1 Å². The minimum Gasteiger partial charge on any atom is -0.342 e. The smallest absolute Gasteiger partial charge is 0.236 e. The Kier molecular flexibility index (Phi) is 7.52. The molecule has 0 spiro atoms. The molecule has 0 aromatic heterocycles. The number of carbonyl (C=O) groups excluding carboxylic acids is 1. The zero-order valence-electron chi connectivity index (χ0n) is 13.7. The van der Waals surface area contributed by atoms with E-state index < -0.39 is 0 Å². The summed E-state index contributed by atoms with van der Waals surface area (Å²) in [5.41, 5.74) is 6.19. The number of hydrogen-bond donors (Lipinski definition) is 1. The van der Waals surface area contributed by atoms with Crippen LogP contribution in [0.3, 0.4) is 0 Å². The van der Waals surface area contributed by atoms with Crippen LogP contribution >= 0.6 is 0 Å². The molecule has 0 aromatic rings. The lowest BCUT2D eigenvalue weighted by Gasteiger charge is -2.46. The van der Waals surface area contributed by atoms with E-state index in [4.69, 9.17) is 5.73 Å². The van der Waals surface area contributed by atoms with Gasteiger partial charge in [-0.1, -0.05) is 26.2 Å². The first-order valence-electron chi connectivity index (χ1n) is 8.36. The molecule has 1 saturated carbocycles. The molecule has 118 valence electrons. The molecule has 1 fully saturated rings. The molecule has 0 aromatic carbocycles. The molecule has 0 aliphatic heterocycles. The number of carbonyl (C=O) groups is 1. The van der Waals surface area contributed by atoms with E-state index in [1.54, 1.807) is 0 Å². The number of nitrogens with two attached hydrogens (primary N) is 1. The van der Waals surface area contributed by atoms with Crippen LogP contribution in [0.4, 0.5) is 0 Å². The molecule has 2 N–H and O–H groups in total. The first-order valence-corrected chi connectivity index (χ1v) is 8.36. The Morgan fingerprint density at radius 3 is 2.15 bits per heavy atom. The average Bonchev–Trinajstić information content (AvgIpc) is 2.48. The van der Waals surface area contributed by atoms with Gasteiger partial charge in [0, 0.05) is 25.2 Å². The number of rotatable bonds is 8. The summed E-state index contributed by atoms with van der Waals surface area (Å²) in [6, 6.07) is 0. The summed E-state index contributed by atoms with van der Waals surface area (Å²) in [5, 5.41) is 0. The molecule has 0 radical (unpaired) electrons.